The molecule has 2 rings (SSSR count). The molecule has 2 amide bonds. The molecule has 0 fully saturated rings. The molecule has 1 atom stereocenters. The molecule has 2 aromatic carbocycles. The first kappa shape index (κ1) is 20.3. The summed E-state index contributed by atoms with van der Waals surface area (Å²) in [5, 5.41) is 5.36. The van der Waals surface area contributed by atoms with Gasteiger partial charge in [0.1, 0.15) is 0 Å². The number of nitrogens with one attached hydrogen (secondary N) is 2. The monoisotopic (exact) mass is 436 g/mol. The van der Waals surface area contributed by atoms with Gasteiger partial charge in [-0.3, -0.25) is 13.8 Å². The summed E-state index contributed by atoms with van der Waals surface area (Å²) in [6.07, 6.45) is 0.735. The number of hydrogen-bond acceptors (Lipinski definition) is 3. The van der Waals surface area contributed by atoms with Crippen LogP contribution in [0.1, 0.15) is 28.8 Å². The zero-order valence-corrected chi connectivity index (χ0v) is 17.1. The largest absolute Gasteiger partial charge is 0.355 e. The highest BCUT2D eigenvalue weighted by molar-refractivity contribution is 9.10. The lowest BCUT2D eigenvalue weighted by Gasteiger charge is -2.12. The molecule has 7 heteroatoms. The molecule has 0 aliphatic heterocycles. The minimum atomic E-state index is -1.14. The predicted molar refractivity (Wildman–Crippen MR) is 108 cm³/mol. The molecule has 0 saturated carbocycles. The van der Waals surface area contributed by atoms with E-state index in [2.05, 4.69) is 26.6 Å². The Labute approximate surface area is 164 Å². The fraction of sp³-hybridized carbons (Fsp3) is 0.263. The molecule has 1 unspecified atom stereocenters. The molecular weight excluding hydrogens is 416 g/mol. The van der Waals surface area contributed by atoms with E-state index in [1.165, 1.54) is 0 Å². The van der Waals surface area contributed by atoms with Crippen molar-refractivity contribution in [2.24, 2.45) is 0 Å². The van der Waals surface area contributed by atoms with E-state index in [0.717, 1.165) is 14.9 Å². The summed E-state index contributed by atoms with van der Waals surface area (Å²) in [6.45, 7) is 1.82. The third-order valence-electron chi connectivity index (χ3n) is 3.81. The highest BCUT2D eigenvalue weighted by Gasteiger charge is 2.15. The van der Waals surface area contributed by atoms with E-state index in [0.29, 0.717) is 23.4 Å². The van der Waals surface area contributed by atoms with Crippen LogP contribution in [0.4, 0.5) is 5.69 Å². The van der Waals surface area contributed by atoms with Crippen molar-refractivity contribution in [2.45, 2.75) is 24.7 Å². The van der Waals surface area contributed by atoms with Gasteiger partial charge in [0.25, 0.3) is 5.91 Å². The van der Waals surface area contributed by atoms with Gasteiger partial charge in [0.2, 0.25) is 5.91 Å². The minimum Gasteiger partial charge on any atom is -0.355 e. The van der Waals surface area contributed by atoms with E-state index < -0.39 is 10.8 Å². The lowest BCUT2D eigenvalue weighted by Crippen LogP contribution is -2.22. The normalized spacial score (nSPS) is 11.7. The average molecular weight is 437 g/mol. The van der Waals surface area contributed by atoms with E-state index in [-0.39, 0.29) is 18.2 Å². The zero-order chi connectivity index (χ0) is 19.1. The number of carbonyl (C=O) groups is 2. The lowest BCUT2D eigenvalue weighted by atomic mass is 10.1. The Kier molecular flexibility index (Phi) is 7.53. The van der Waals surface area contributed by atoms with Crippen LogP contribution in [0.2, 0.25) is 0 Å². The molecule has 2 N–H and O–H groups in total. The van der Waals surface area contributed by atoms with Crippen molar-refractivity contribution in [3.63, 3.8) is 0 Å². The van der Waals surface area contributed by atoms with Gasteiger partial charge in [0.05, 0.1) is 22.1 Å². The Bertz CT molecular complexity index is 822. The molecule has 2 aromatic rings. The highest BCUT2D eigenvalue weighted by Crippen LogP contribution is 2.20. The van der Waals surface area contributed by atoms with Gasteiger partial charge < -0.3 is 10.6 Å². The zero-order valence-electron chi connectivity index (χ0n) is 14.7. The van der Waals surface area contributed by atoms with Crippen molar-refractivity contribution in [1.29, 1.82) is 0 Å². The molecule has 0 spiro atoms. The van der Waals surface area contributed by atoms with Crippen molar-refractivity contribution >= 4 is 44.2 Å². The first-order chi connectivity index (χ1) is 12.4. The molecular formula is C19H21BrN2O3S. The summed E-state index contributed by atoms with van der Waals surface area (Å²) in [4.78, 5) is 25.0. The van der Waals surface area contributed by atoms with Crippen LogP contribution in [0.3, 0.4) is 0 Å². The summed E-state index contributed by atoms with van der Waals surface area (Å²) in [5.74, 6) is -0.0335. The van der Waals surface area contributed by atoms with Gasteiger partial charge in [-0.15, -0.1) is 0 Å². The lowest BCUT2D eigenvalue weighted by molar-refractivity contribution is -0.116. The number of halogens is 1. The molecule has 0 radical (unpaired) electrons. The highest BCUT2D eigenvalue weighted by atomic mass is 79.9. The quantitative estimate of drug-likeness (QED) is 0.695. The fourth-order valence-electron chi connectivity index (χ4n) is 2.48. The van der Waals surface area contributed by atoms with Gasteiger partial charge in [0.15, 0.2) is 0 Å². The fourth-order valence-corrected chi connectivity index (χ4v) is 3.83. The summed E-state index contributed by atoms with van der Waals surface area (Å²) < 4.78 is 13.2. The van der Waals surface area contributed by atoms with Crippen molar-refractivity contribution in [3.8, 4) is 0 Å². The molecule has 26 heavy (non-hydrogen) atoms. The maximum absolute atomic E-state index is 12.2. The number of rotatable bonds is 7. The van der Waals surface area contributed by atoms with Crippen molar-refractivity contribution in [1.82, 2.24) is 5.32 Å². The van der Waals surface area contributed by atoms with E-state index in [1.807, 2.05) is 37.3 Å². The van der Waals surface area contributed by atoms with Crippen LogP contribution in [0, 0.1) is 6.92 Å². The predicted octanol–water partition coefficient (Wildman–Crippen LogP) is 3.64. The Morgan fingerprint density at radius 2 is 1.81 bits per heavy atom. The van der Waals surface area contributed by atoms with E-state index in [4.69, 9.17) is 0 Å². The maximum atomic E-state index is 12.2. The van der Waals surface area contributed by atoms with Gasteiger partial charge in [-0.25, -0.2) is 0 Å². The van der Waals surface area contributed by atoms with Crippen LogP contribution in [0.5, 0.6) is 0 Å². The summed E-state index contributed by atoms with van der Waals surface area (Å²) in [6, 6.07) is 12.6. The number of hydrogen-bond donors (Lipinski definition) is 2. The molecule has 138 valence electrons. The summed E-state index contributed by atoms with van der Waals surface area (Å²) >= 11 is 3.34. The maximum Gasteiger partial charge on any atom is 0.253 e. The van der Waals surface area contributed by atoms with Crippen molar-refractivity contribution in [2.75, 3.05) is 18.1 Å². The summed E-state index contributed by atoms with van der Waals surface area (Å²) in [5.41, 5.74) is 1.74. The summed E-state index contributed by atoms with van der Waals surface area (Å²) in [7, 11) is 0.417. The Hall–Kier alpha value is -1.99. The SMILES string of the molecule is CNC(=O)c1c(C)cccc1NC(=O)CCCS(=O)c1ccc(Br)cc1. The van der Waals surface area contributed by atoms with Gasteiger partial charge in [-0.2, -0.15) is 0 Å². The van der Waals surface area contributed by atoms with Gasteiger partial charge in [-0.1, -0.05) is 28.1 Å². The molecule has 0 aromatic heterocycles. The van der Waals surface area contributed by atoms with E-state index >= 15 is 0 Å². The third-order valence-corrected chi connectivity index (χ3v) is 5.80. The molecule has 0 aliphatic carbocycles. The topological polar surface area (TPSA) is 75.3 Å². The first-order valence-electron chi connectivity index (χ1n) is 8.18. The number of amides is 2. The first-order valence-corrected chi connectivity index (χ1v) is 10.3. The minimum absolute atomic E-state index is 0.200. The standard InChI is InChI=1S/C19H21BrN2O3S/c1-13-5-3-6-16(18(13)19(24)21-2)22-17(23)7-4-12-26(25)15-10-8-14(20)9-11-15/h3,5-6,8-11H,4,7,12H2,1-2H3,(H,21,24)(H,22,23). The molecule has 0 aliphatic rings. The molecule has 0 bridgehead atoms. The number of aryl methyl sites for hydroxylation is 1. The van der Waals surface area contributed by atoms with E-state index in [1.54, 1.807) is 19.2 Å². The van der Waals surface area contributed by atoms with Gasteiger partial charge in [0, 0.05) is 28.6 Å². The number of anilines is 1. The van der Waals surface area contributed by atoms with Crippen LogP contribution >= 0.6 is 15.9 Å². The van der Waals surface area contributed by atoms with Crippen LogP contribution in [0.15, 0.2) is 51.8 Å². The second-order valence-electron chi connectivity index (χ2n) is 5.73. The second kappa shape index (κ2) is 9.64. The number of benzene rings is 2. The number of carbonyl (C=O) groups excluding carboxylic acids is 2. The van der Waals surface area contributed by atoms with Gasteiger partial charge >= 0.3 is 0 Å². The van der Waals surface area contributed by atoms with Crippen LogP contribution in [-0.2, 0) is 15.6 Å². The Morgan fingerprint density at radius 3 is 2.46 bits per heavy atom. The average Bonchev–Trinajstić information content (AvgIpc) is 2.61. The Morgan fingerprint density at radius 1 is 1.12 bits per heavy atom. The molecule has 0 heterocycles. The van der Waals surface area contributed by atoms with Gasteiger partial charge in [-0.05, 0) is 49.2 Å². The van der Waals surface area contributed by atoms with Crippen molar-refractivity contribution < 1.29 is 13.8 Å². The third kappa shape index (κ3) is 5.51. The Balaban J connectivity index is 1.91. The van der Waals surface area contributed by atoms with Crippen LogP contribution in [0.25, 0.3) is 0 Å². The second-order valence-corrected chi connectivity index (χ2v) is 8.22. The molecule has 5 nitrogen and oxygen atoms in total. The smallest absolute Gasteiger partial charge is 0.253 e. The van der Waals surface area contributed by atoms with Crippen molar-refractivity contribution in [3.05, 3.63) is 58.1 Å². The molecule has 0 saturated heterocycles. The van der Waals surface area contributed by atoms with Crippen LogP contribution in [-0.4, -0.2) is 28.8 Å². The van der Waals surface area contributed by atoms with E-state index in [9.17, 15) is 13.8 Å². The van der Waals surface area contributed by atoms with Crippen LogP contribution < -0.4 is 10.6 Å².